The molecule has 0 aliphatic heterocycles. The van der Waals surface area contributed by atoms with Crippen LogP contribution in [0.2, 0.25) is 0 Å². The number of nitrogens with one attached hydrogen (secondary N) is 1. The summed E-state index contributed by atoms with van der Waals surface area (Å²) < 4.78 is 0. The Morgan fingerprint density at radius 2 is 1.95 bits per heavy atom. The quantitative estimate of drug-likeness (QED) is 0.802. The van der Waals surface area contributed by atoms with Crippen molar-refractivity contribution in [3.8, 4) is 0 Å². The van der Waals surface area contributed by atoms with E-state index in [0.717, 1.165) is 19.3 Å². The van der Waals surface area contributed by atoms with Gasteiger partial charge in [-0.3, -0.25) is 4.79 Å². The maximum absolute atomic E-state index is 11.4. The van der Waals surface area contributed by atoms with Crippen LogP contribution in [0.25, 0.3) is 0 Å². The van der Waals surface area contributed by atoms with Crippen LogP contribution in [0.4, 0.5) is 0 Å². The van der Waals surface area contributed by atoms with Crippen molar-refractivity contribution in [1.29, 1.82) is 0 Å². The zero-order chi connectivity index (χ0) is 14.8. The van der Waals surface area contributed by atoms with E-state index < -0.39 is 5.97 Å². The molecule has 0 heterocycles. The molecule has 1 aliphatic carbocycles. The number of aliphatic carboxylic acids is 1. The summed E-state index contributed by atoms with van der Waals surface area (Å²) in [6.07, 6.45) is 2.90. The summed E-state index contributed by atoms with van der Waals surface area (Å²) in [4.78, 5) is 11.4. The van der Waals surface area contributed by atoms with E-state index in [1.165, 1.54) is 0 Å². The van der Waals surface area contributed by atoms with Crippen LogP contribution in [0.1, 0.15) is 60.8 Å². The van der Waals surface area contributed by atoms with Crippen molar-refractivity contribution >= 4 is 5.97 Å². The maximum atomic E-state index is 11.4. The van der Waals surface area contributed by atoms with Crippen molar-refractivity contribution in [3.63, 3.8) is 0 Å². The molecule has 1 aliphatic rings. The van der Waals surface area contributed by atoms with Gasteiger partial charge in [-0.25, -0.2) is 0 Å². The molecule has 0 bridgehead atoms. The van der Waals surface area contributed by atoms with Gasteiger partial charge in [-0.1, -0.05) is 41.5 Å². The molecule has 2 N–H and O–H groups in total. The Hall–Kier alpha value is -0.570. The van der Waals surface area contributed by atoms with Crippen LogP contribution >= 0.6 is 0 Å². The molecule has 0 radical (unpaired) electrons. The van der Waals surface area contributed by atoms with Crippen LogP contribution in [-0.2, 0) is 4.79 Å². The normalized spacial score (nSPS) is 32.3. The fraction of sp³-hybridized carbons (Fsp3) is 0.938. The Morgan fingerprint density at radius 1 is 1.37 bits per heavy atom. The first kappa shape index (κ1) is 16.5. The van der Waals surface area contributed by atoms with E-state index in [4.69, 9.17) is 0 Å². The van der Waals surface area contributed by atoms with Gasteiger partial charge >= 0.3 is 5.97 Å². The van der Waals surface area contributed by atoms with Crippen molar-refractivity contribution in [2.24, 2.45) is 23.2 Å². The smallest absolute Gasteiger partial charge is 0.307 e. The van der Waals surface area contributed by atoms with E-state index in [-0.39, 0.29) is 11.3 Å². The lowest BCUT2D eigenvalue weighted by molar-refractivity contribution is -0.150. The van der Waals surface area contributed by atoms with Gasteiger partial charge in [0.15, 0.2) is 0 Å². The van der Waals surface area contributed by atoms with Gasteiger partial charge in [0.2, 0.25) is 0 Å². The molecule has 0 amide bonds. The van der Waals surface area contributed by atoms with Gasteiger partial charge in [0.25, 0.3) is 0 Å². The summed E-state index contributed by atoms with van der Waals surface area (Å²) in [5.41, 5.74) is -0.142. The van der Waals surface area contributed by atoms with Crippen molar-refractivity contribution < 1.29 is 9.90 Å². The molecular weight excluding hydrogens is 238 g/mol. The molecule has 1 saturated carbocycles. The van der Waals surface area contributed by atoms with Gasteiger partial charge < -0.3 is 10.4 Å². The highest BCUT2D eigenvalue weighted by Crippen LogP contribution is 2.45. The Morgan fingerprint density at radius 3 is 2.37 bits per heavy atom. The summed E-state index contributed by atoms with van der Waals surface area (Å²) in [5, 5.41) is 13.2. The molecule has 3 nitrogen and oxygen atoms in total. The van der Waals surface area contributed by atoms with Gasteiger partial charge in [-0.2, -0.15) is 0 Å². The van der Waals surface area contributed by atoms with Crippen molar-refractivity contribution in [2.75, 3.05) is 0 Å². The van der Waals surface area contributed by atoms with Crippen molar-refractivity contribution in [2.45, 2.75) is 72.9 Å². The molecule has 3 heteroatoms. The molecule has 0 aromatic carbocycles. The highest BCUT2D eigenvalue weighted by Gasteiger charge is 2.46. The minimum Gasteiger partial charge on any atom is -0.481 e. The van der Waals surface area contributed by atoms with Crippen LogP contribution < -0.4 is 5.32 Å². The van der Waals surface area contributed by atoms with Gasteiger partial charge in [-0.05, 0) is 36.5 Å². The summed E-state index contributed by atoms with van der Waals surface area (Å²) >= 11 is 0. The molecule has 0 aromatic rings. The standard InChI is InChI=1S/C16H31NO2/c1-7-13(10(2)3)17-14-9-8-12(15(18)19)16(5,6)11(14)4/h10-14,17H,7-9H2,1-6H3,(H,18,19). The van der Waals surface area contributed by atoms with Gasteiger partial charge in [0, 0.05) is 12.1 Å². The maximum Gasteiger partial charge on any atom is 0.307 e. The number of hydrogen-bond donors (Lipinski definition) is 2. The van der Waals surface area contributed by atoms with E-state index in [1.807, 2.05) is 0 Å². The number of carboxylic acid groups (broad SMARTS) is 1. The molecule has 19 heavy (non-hydrogen) atoms. The van der Waals surface area contributed by atoms with Crippen LogP contribution in [0.3, 0.4) is 0 Å². The zero-order valence-electron chi connectivity index (χ0n) is 13.4. The van der Waals surface area contributed by atoms with Gasteiger partial charge in [-0.15, -0.1) is 0 Å². The predicted octanol–water partition coefficient (Wildman–Crippen LogP) is 3.54. The minimum atomic E-state index is -0.633. The molecular formula is C16H31NO2. The summed E-state index contributed by atoms with van der Waals surface area (Å²) in [5.74, 6) is 0.165. The second kappa shape index (κ2) is 6.25. The first-order valence-electron chi connectivity index (χ1n) is 7.70. The Labute approximate surface area is 118 Å². The largest absolute Gasteiger partial charge is 0.481 e. The lowest BCUT2D eigenvalue weighted by Gasteiger charge is -2.47. The highest BCUT2D eigenvalue weighted by atomic mass is 16.4. The summed E-state index contributed by atoms with van der Waals surface area (Å²) in [7, 11) is 0. The highest BCUT2D eigenvalue weighted by molar-refractivity contribution is 5.71. The Kier molecular flexibility index (Phi) is 5.43. The predicted molar refractivity (Wildman–Crippen MR) is 79.1 cm³/mol. The van der Waals surface area contributed by atoms with E-state index >= 15 is 0 Å². The molecule has 4 atom stereocenters. The topological polar surface area (TPSA) is 49.3 Å². The lowest BCUT2D eigenvalue weighted by Crippen LogP contribution is -2.54. The average molecular weight is 269 g/mol. The molecule has 0 aromatic heterocycles. The lowest BCUT2D eigenvalue weighted by atomic mass is 9.61. The van der Waals surface area contributed by atoms with Crippen LogP contribution in [0.15, 0.2) is 0 Å². The summed E-state index contributed by atoms with van der Waals surface area (Å²) in [6, 6.07) is 0.975. The van der Waals surface area contributed by atoms with Crippen LogP contribution in [0, 0.1) is 23.2 Å². The fourth-order valence-electron chi connectivity index (χ4n) is 3.53. The van der Waals surface area contributed by atoms with E-state index in [0.29, 0.717) is 23.9 Å². The van der Waals surface area contributed by atoms with Gasteiger partial charge in [0.1, 0.15) is 0 Å². The first-order valence-corrected chi connectivity index (χ1v) is 7.70. The second-order valence-electron chi connectivity index (χ2n) is 7.11. The monoisotopic (exact) mass is 269 g/mol. The number of carboxylic acids is 1. The third-order valence-electron chi connectivity index (χ3n) is 5.41. The average Bonchev–Trinajstić information content (AvgIpc) is 2.30. The number of rotatable bonds is 5. The number of hydrogen-bond acceptors (Lipinski definition) is 2. The Balaban J connectivity index is 2.77. The van der Waals surface area contributed by atoms with E-state index in [2.05, 4.69) is 46.9 Å². The molecule has 4 unspecified atom stereocenters. The van der Waals surface area contributed by atoms with Crippen LogP contribution in [0.5, 0.6) is 0 Å². The molecule has 0 spiro atoms. The number of carbonyl (C=O) groups is 1. The molecule has 112 valence electrons. The minimum absolute atomic E-state index is 0.142. The third kappa shape index (κ3) is 3.50. The fourth-order valence-corrected chi connectivity index (χ4v) is 3.53. The van der Waals surface area contributed by atoms with Gasteiger partial charge in [0.05, 0.1) is 5.92 Å². The molecule has 1 rings (SSSR count). The molecule has 0 saturated heterocycles. The first-order chi connectivity index (χ1) is 8.71. The van der Waals surface area contributed by atoms with Crippen molar-refractivity contribution in [1.82, 2.24) is 5.32 Å². The zero-order valence-corrected chi connectivity index (χ0v) is 13.4. The SMILES string of the molecule is CCC(NC1CCC(C(=O)O)C(C)(C)C1C)C(C)C. The molecule has 1 fully saturated rings. The van der Waals surface area contributed by atoms with Crippen LogP contribution in [-0.4, -0.2) is 23.2 Å². The van der Waals surface area contributed by atoms with Crippen molar-refractivity contribution in [3.05, 3.63) is 0 Å². The second-order valence-corrected chi connectivity index (χ2v) is 7.11. The van der Waals surface area contributed by atoms with E-state index in [9.17, 15) is 9.90 Å². The third-order valence-corrected chi connectivity index (χ3v) is 5.41. The summed E-state index contributed by atoms with van der Waals surface area (Å²) in [6.45, 7) is 13.1. The Bertz CT molecular complexity index is 312. The van der Waals surface area contributed by atoms with E-state index in [1.54, 1.807) is 0 Å².